The van der Waals surface area contributed by atoms with Crippen LogP contribution >= 0.6 is 11.6 Å². The highest BCUT2D eigenvalue weighted by Crippen LogP contribution is 2.33. The molecule has 5 nitrogen and oxygen atoms in total. The van der Waals surface area contributed by atoms with Crippen LogP contribution in [0.5, 0.6) is 5.75 Å². The topological polar surface area (TPSA) is 73.6 Å². The first-order chi connectivity index (χ1) is 11.5. The molecule has 0 spiro atoms. The van der Waals surface area contributed by atoms with Gasteiger partial charge in [0, 0.05) is 17.9 Å². The normalized spacial score (nSPS) is 10.5. The number of nitrogens with one attached hydrogen (secondary N) is 1. The number of rotatable bonds is 7. The van der Waals surface area contributed by atoms with Gasteiger partial charge in [-0.05, 0) is 43.7 Å². The van der Waals surface area contributed by atoms with Gasteiger partial charge in [-0.25, -0.2) is 0 Å². The van der Waals surface area contributed by atoms with Crippen molar-refractivity contribution in [1.82, 2.24) is 0 Å². The molecule has 2 rings (SSSR count). The van der Waals surface area contributed by atoms with E-state index in [1.54, 1.807) is 30.3 Å². The molecule has 0 saturated carbocycles. The number of ether oxygens (including phenoxy) is 2. The number of benzene rings is 2. The molecule has 0 bridgehead atoms. The van der Waals surface area contributed by atoms with Gasteiger partial charge in [0.05, 0.1) is 17.3 Å². The van der Waals surface area contributed by atoms with Gasteiger partial charge in [0.15, 0.2) is 5.75 Å². The predicted octanol–water partition coefficient (Wildman–Crippen LogP) is 3.90. The quantitative estimate of drug-likeness (QED) is 0.588. The Labute approximate surface area is 146 Å². The average molecular weight is 349 g/mol. The monoisotopic (exact) mass is 348 g/mol. The summed E-state index contributed by atoms with van der Waals surface area (Å²) in [5, 5.41) is 3.26. The SMILES string of the molecule is CCOCCOc1c(Cl)cccc1NC(=O)c1cc(N)ccc1C. The zero-order chi connectivity index (χ0) is 17.5. The van der Waals surface area contributed by atoms with Gasteiger partial charge >= 0.3 is 0 Å². The molecule has 0 unspecified atom stereocenters. The summed E-state index contributed by atoms with van der Waals surface area (Å²) in [6.45, 7) is 5.17. The van der Waals surface area contributed by atoms with Gasteiger partial charge in [-0.2, -0.15) is 0 Å². The van der Waals surface area contributed by atoms with Crippen LogP contribution in [0.1, 0.15) is 22.8 Å². The Hall–Kier alpha value is -2.24. The number of para-hydroxylation sites is 1. The Morgan fingerprint density at radius 3 is 2.79 bits per heavy atom. The number of halogens is 1. The van der Waals surface area contributed by atoms with Gasteiger partial charge in [-0.1, -0.05) is 23.7 Å². The Kier molecular flexibility index (Phi) is 6.46. The molecule has 0 saturated heterocycles. The van der Waals surface area contributed by atoms with Gasteiger partial charge in [0.2, 0.25) is 0 Å². The van der Waals surface area contributed by atoms with Gasteiger partial charge in [0.25, 0.3) is 5.91 Å². The molecule has 0 aromatic heterocycles. The lowest BCUT2D eigenvalue weighted by Crippen LogP contribution is -2.15. The van der Waals surface area contributed by atoms with Crippen LogP contribution in [0.2, 0.25) is 5.02 Å². The summed E-state index contributed by atoms with van der Waals surface area (Å²) in [5.41, 5.74) is 8.15. The number of hydrogen-bond acceptors (Lipinski definition) is 4. The highest BCUT2D eigenvalue weighted by Gasteiger charge is 2.14. The van der Waals surface area contributed by atoms with Crippen LogP contribution in [-0.4, -0.2) is 25.7 Å². The van der Waals surface area contributed by atoms with Crippen LogP contribution in [0.25, 0.3) is 0 Å². The highest BCUT2D eigenvalue weighted by atomic mass is 35.5. The minimum Gasteiger partial charge on any atom is -0.487 e. The molecule has 24 heavy (non-hydrogen) atoms. The second-order valence-electron chi connectivity index (χ2n) is 5.19. The molecule has 2 aromatic rings. The molecule has 0 aliphatic carbocycles. The highest BCUT2D eigenvalue weighted by molar-refractivity contribution is 6.32. The van der Waals surface area contributed by atoms with Crippen molar-refractivity contribution < 1.29 is 14.3 Å². The summed E-state index contributed by atoms with van der Waals surface area (Å²) < 4.78 is 10.9. The second kappa shape index (κ2) is 8.57. The Morgan fingerprint density at radius 2 is 2.04 bits per heavy atom. The summed E-state index contributed by atoms with van der Waals surface area (Å²) in [7, 11) is 0. The summed E-state index contributed by atoms with van der Waals surface area (Å²) in [5.74, 6) is 0.158. The maximum absolute atomic E-state index is 12.5. The van der Waals surface area contributed by atoms with E-state index in [-0.39, 0.29) is 5.91 Å². The number of anilines is 2. The first kappa shape index (κ1) is 18.1. The Balaban J connectivity index is 2.18. The molecule has 2 aromatic carbocycles. The minimum absolute atomic E-state index is 0.267. The van der Waals surface area contributed by atoms with Crippen molar-refractivity contribution in [2.75, 3.05) is 30.9 Å². The standard InChI is InChI=1S/C18H21ClN2O3/c1-3-23-9-10-24-17-15(19)5-4-6-16(17)21-18(22)14-11-13(20)8-7-12(14)2/h4-8,11H,3,9-10,20H2,1-2H3,(H,21,22). The van der Waals surface area contributed by atoms with Gasteiger partial charge in [0.1, 0.15) is 6.61 Å². The van der Waals surface area contributed by atoms with Crippen LogP contribution in [0.15, 0.2) is 36.4 Å². The Bertz CT molecular complexity index is 719. The smallest absolute Gasteiger partial charge is 0.256 e. The predicted molar refractivity (Wildman–Crippen MR) is 97.0 cm³/mol. The maximum atomic E-state index is 12.5. The number of nitrogens with two attached hydrogens (primary N) is 1. The molecule has 0 atom stereocenters. The number of hydrogen-bond donors (Lipinski definition) is 2. The molecule has 0 radical (unpaired) electrons. The number of nitrogen functional groups attached to an aromatic ring is 1. The van der Waals surface area contributed by atoms with E-state index in [9.17, 15) is 4.79 Å². The number of amides is 1. The molecule has 128 valence electrons. The fourth-order valence-corrected chi connectivity index (χ4v) is 2.40. The first-order valence-electron chi connectivity index (χ1n) is 7.69. The average Bonchev–Trinajstić information content (AvgIpc) is 2.55. The fraction of sp³-hybridized carbons (Fsp3) is 0.278. The Morgan fingerprint density at radius 1 is 1.25 bits per heavy atom. The maximum Gasteiger partial charge on any atom is 0.256 e. The van der Waals surface area contributed by atoms with E-state index in [0.717, 1.165) is 5.56 Å². The number of carbonyl (C=O) groups is 1. The van der Waals surface area contributed by atoms with Crippen LogP contribution in [0.4, 0.5) is 11.4 Å². The summed E-state index contributed by atoms with van der Waals surface area (Å²) in [6.07, 6.45) is 0. The van der Waals surface area contributed by atoms with Crippen molar-refractivity contribution >= 4 is 28.9 Å². The molecule has 0 aliphatic heterocycles. The van der Waals surface area contributed by atoms with E-state index in [1.165, 1.54) is 0 Å². The first-order valence-corrected chi connectivity index (χ1v) is 8.07. The molecule has 0 fully saturated rings. The van der Waals surface area contributed by atoms with Gasteiger partial charge < -0.3 is 20.5 Å². The van der Waals surface area contributed by atoms with Crippen LogP contribution in [-0.2, 0) is 4.74 Å². The molecular formula is C18H21ClN2O3. The third kappa shape index (κ3) is 4.63. The van der Waals surface area contributed by atoms with E-state index in [4.69, 9.17) is 26.8 Å². The van der Waals surface area contributed by atoms with Crippen molar-refractivity contribution in [3.8, 4) is 5.75 Å². The van der Waals surface area contributed by atoms with E-state index in [2.05, 4.69) is 5.32 Å². The van der Waals surface area contributed by atoms with Gasteiger partial charge in [-0.3, -0.25) is 4.79 Å². The van der Waals surface area contributed by atoms with Gasteiger partial charge in [-0.15, -0.1) is 0 Å². The fourth-order valence-electron chi connectivity index (χ4n) is 2.17. The van der Waals surface area contributed by atoms with E-state index in [1.807, 2.05) is 19.9 Å². The number of aryl methyl sites for hydroxylation is 1. The third-order valence-corrected chi connectivity index (χ3v) is 3.70. The van der Waals surface area contributed by atoms with E-state index < -0.39 is 0 Å². The van der Waals surface area contributed by atoms with Crippen LogP contribution < -0.4 is 15.8 Å². The summed E-state index contributed by atoms with van der Waals surface area (Å²) in [4.78, 5) is 12.5. The zero-order valence-electron chi connectivity index (χ0n) is 13.8. The molecule has 3 N–H and O–H groups in total. The van der Waals surface area contributed by atoms with Crippen molar-refractivity contribution in [3.05, 3.63) is 52.5 Å². The summed E-state index contributed by atoms with van der Waals surface area (Å²) >= 11 is 6.19. The second-order valence-corrected chi connectivity index (χ2v) is 5.60. The lowest BCUT2D eigenvalue weighted by atomic mass is 10.1. The van der Waals surface area contributed by atoms with Crippen LogP contribution in [0.3, 0.4) is 0 Å². The minimum atomic E-state index is -0.267. The van der Waals surface area contributed by atoms with E-state index in [0.29, 0.717) is 47.5 Å². The number of carbonyl (C=O) groups excluding carboxylic acids is 1. The zero-order valence-corrected chi connectivity index (χ0v) is 14.5. The summed E-state index contributed by atoms with van der Waals surface area (Å²) in [6, 6.07) is 10.4. The van der Waals surface area contributed by atoms with E-state index >= 15 is 0 Å². The lowest BCUT2D eigenvalue weighted by molar-refractivity contribution is 0.102. The molecule has 6 heteroatoms. The third-order valence-electron chi connectivity index (χ3n) is 3.40. The lowest BCUT2D eigenvalue weighted by Gasteiger charge is -2.15. The van der Waals surface area contributed by atoms with Crippen molar-refractivity contribution in [2.45, 2.75) is 13.8 Å². The van der Waals surface area contributed by atoms with Crippen molar-refractivity contribution in [3.63, 3.8) is 0 Å². The van der Waals surface area contributed by atoms with Crippen LogP contribution in [0, 0.1) is 6.92 Å². The molecular weight excluding hydrogens is 328 g/mol. The van der Waals surface area contributed by atoms with Crippen molar-refractivity contribution in [1.29, 1.82) is 0 Å². The molecule has 1 amide bonds. The largest absolute Gasteiger partial charge is 0.487 e. The van der Waals surface area contributed by atoms with Crippen molar-refractivity contribution in [2.24, 2.45) is 0 Å². The molecule has 0 heterocycles. The molecule has 0 aliphatic rings.